The average Bonchev–Trinajstić information content (AvgIpc) is 3.81. The zero-order valence-corrected chi connectivity index (χ0v) is 27.5. The van der Waals surface area contributed by atoms with Crippen molar-refractivity contribution in [3.05, 3.63) is 182 Å². The van der Waals surface area contributed by atoms with Crippen molar-refractivity contribution in [1.29, 1.82) is 0 Å². The van der Waals surface area contributed by atoms with Gasteiger partial charge in [-0.3, -0.25) is 0 Å². The summed E-state index contributed by atoms with van der Waals surface area (Å²) in [4.78, 5) is 7.23. The molecule has 0 N–H and O–H groups in total. The second-order valence-corrected chi connectivity index (χ2v) is 12.8. The number of rotatable bonds is 6. The van der Waals surface area contributed by atoms with Crippen molar-refractivity contribution < 1.29 is 8.83 Å². The van der Waals surface area contributed by atoms with Gasteiger partial charge < -0.3 is 13.7 Å². The van der Waals surface area contributed by atoms with Crippen molar-refractivity contribution in [2.45, 2.75) is 0 Å². The van der Waals surface area contributed by atoms with Gasteiger partial charge in [0, 0.05) is 39.0 Å². The Bertz CT molecular complexity index is 2840. The highest BCUT2D eigenvalue weighted by Crippen LogP contribution is 2.41. The normalized spacial score (nSPS) is 11.5. The highest BCUT2D eigenvalue weighted by molar-refractivity contribution is 6.06. The Balaban J connectivity index is 1.07. The molecular weight excluding hydrogens is 625 g/mol. The summed E-state index contributed by atoms with van der Waals surface area (Å²) in [5, 5.41) is 4.47. The fourth-order valence-electron chi connectivity index (χ4n) is 7.23. The lowest BCUT2D eigenvalue weighted by Crippen LogP contribution is -2.09. The van der Waals surface area contributed by atoms with Gasteiger partial charge in [0.15, 0.2) is 5.58 Å². The quantitative estimate of drug-likeness (QED) is 0.179. The molecule has 0 bridgehead atoms. The first-order valence-corrected chi connectivity index (χ1v) is 17.1. The van der Waals surface area contributed by atoms with E-state index in [9.17, 15) is 0 Å². The Hall–Kier alpha value is -6.91. The number of hydrogen-bond donors (Lipinski definition) is 0. The first-order valence-electron chi connectivity index (χ1n) is 17.1. The van der Waals surface area contributed by atoms with Crippen molar-refractivity contribution in [2.24, 2.45) is 0 Å². The molecule has 240 valence electrons. The average molecular weight is 655 g/mol. The fourth-order valence-corrected chi connectivity index (χ4v) is 7.23. The molecule has 51 heavy (non-hydrogen) atoms. The molecule has 10 rings (SSSR count). The largest absolute Gasteiger partial charge is 0.456 e. The van der Waals surface area contributed by atoms with Crippen LogP contribution < -0.4 is 4.90 Å². The molecule has 0 amide bonds. The molecule has 4 heteroatoms. The van der Waals surface area contributed by atoms with Crippen molar-refractivity contribution in [3.8, 4) is 33.7 Å². The van der Waals surface area contributed by atoms with E-state index >= 15 is 0 Å². The lowest BCUT2D eigenvalue weighted by molar-refractivity contribution is 0.621. The van der Waals surface area contributed by atoms with Crippen LogP contribution in [0.4, 0.5) is 17.1 Å². The molecule has 8 aromatic carbocycles. The van der Waals surface area contributed by atoms with Crippen LogP contribution in [0.1, 0.15) is 0 Å². The van der Waals surface area contributed by atoms with E-state index in [-0.39, 0.29) is 0 Å². The van der Waals surface area contributed by atoms with Gasteiger partial charge in [0.25, 0.3) is 0 Å². The van der Waals surface area contributed by atoms with Gasteiger partial charge in [-0.25, -0.2) is 4.98 Å². The summed E-state index contributed by atoms with van der Waals surface area (Å²) in [5.74, 6) is 0.623. The summed E-state index contributed by atoms with van der Waals surface area (Å²) in [7, 11) is 0. The number of para-hydroxylation sites is 2. The van der Waals surface area contributed by atoms with Crippen LogP contribution in [0.5, 0.6) is 0 Å². The molecule has 0 aliphatic carbocycles. The van der Waals surface area contributed by atoms with Crippen LogP contribution in [0.2, 0.25) is 0 Å². The SMILES string of the molecule is c1ccc(-c2ccc(N(c3ccc(-c4cccc5nc(-c6cccc7ccccc67)oc45)cc3)c3ccc4oc5ccccc5c4c3)cc2)cc1. The van der Waals surface area contributed by atoms with Gasteiger partial charge in [-0.05, 0) is 88.1 Å². The summed E-state index contributed by atoms with van der Waals surface area (Å²) >= 11 is 0. The lowest BCUT2D eigenvalue weighted by atomic mass is 10.0. The number of nitrogens with zero attached hydrogens (tertiary/aromatic N) is 2. The van der Waals surface area contributed by atoms with Crippen LogP contribution in [0.3, 0.4) is 0 Å². The second-order valence-electron chi connectivity index (χ2n) is 12.8. The van der Waals surface area contributed by atoms with Crippen LogP contribution in [0.15, 0.2) is 191 Å². The van der Waals surface area contributed by atoms with Gasteiger partial charge in [0.1, 0.15) is 16.7 Å². The Morgan fingerprint density at radius 3 is 1.82 bits per heavy atom. The minimum atomic E-state index is 0.623. The summed E-state index contributed by atoms with van der Waals surface area (Å²) < 4.78 is 12.7. The summed E-state index contributed by atoms with van der Waals surface area (Å²) in [5.41, 5.74) is 11.9. The van der Waals surface area contributed by atoms with E-state index in [4.69, 9.17) is 13.8 Å². The minimum absolute atomic E-state index is 0.623. The molecule has 2 heterocycles. The third-order valence-corrected chi connectivity index (χ3v) is 9.72. The van der Waals surface area contributed by atoms with Crippen molar-refractivity contribution in [1.82, 2.24) is 4.98 Å². The van der Waals surface area contributed by atoms with Crippen LogP contribution in [0.25, 0.3) is 77.5 Å². The summed E-state index contributed by atoms with van der Waals surface area (Å²) in [6.45, 7) is 0. The highest BCUT2D eigenvalue weighted by atomic mass is 16.3. The molecule has 0 atom stereocenters. The smallest absolute Gasteiger partial charge is 0.227 e. The standard InChI is InChI=1S/C47H30N2O2/c1-2-10-31(11-3-1)32-20-24-35(25-21-32)49(37-28-29-45-42(30-37)40-15-6-7-19-44(40)50-45)36-26-22-34(23-27-36)39-16-9-18-43-46(39)51-47(48-43)41-17-8-13-33-12-4-5-14-38(33)41/h1-30H. The number of oxazole rings is 1. The van der Waals surface area contributed by atoms with Gasteiger partial charge in [0.2, 0.25) is 5.89 Å². The molecule has 0 fully saturated rings. The Labute approximate surface area is 294 Å². The maximum absolute atomic E-state index is 6.55. The van der Waals surface area contributed by atoms with E-state index in [0.29, 0.717) is 5.89 Å². The first-order chi connectivity index (χ1) is 25.3. The summed E-state index contributed by atoms with van der Waals surface area (Å²) in [6, 6.07) is 63.3. The number of furan rings is 1. The van der Waals surface area contributed by atoms with Gasteiger partial charge in [-0.1, -0.05) is 121 Å². The van der Waals surface area contributed by atoms with Gasteiger partial charge in [-0.2, -0.15) is 0 Å². The van der Waals surface area contributed by atoms with Gasteiger partial charge >= 0.3 is 0 Å². The molecule has 0 saturated carbocycles. The monoisotopic (exact) mass is 654 g/mol. The van der Waals surface area contributed by atoms with Crippen LogP contribution in [-0.4, -0.2) is 4.98 Å². The minimum Gasteiger partial charge on any atom is -0.456 e. The van der Waals surface area contributed by atoms with E-state index < -0.39 is 0 Å². The topological polar surface area (TPSA) is 42.4 Å². The molecule has 0 unspecified atom stereocenters. The molecule has 2 aromatic heterocycles. The third kappa shape index (κ3) is 5.04. The van der Waals surface area contributed by atoms with Crippen molar-refractivity contribution in [3.63, 3.8) is 0 Å². The van der Waals surface area contributed by atoms with E-state index in [1.807, 2.05) is 30.3 Å². The molecule has 4 nitrogen and oxygen atoms in total. The summed E-state index contributed by atoms with van der Waals surface area (Å²) in [6.07, 6.45) is 0. The number of fused-ring (bicyclic) bond motifs is 5. The van der Waals surface area contributed by atoms with Gasteiger partial charge in [0.05, 0.1) is 0 Å². The first kappa shape index (κ1) is 29.0. The van der Waals surface area contributed by atoms with Crippen LogP contribution in [-0.2, 0) is 0 Å². The molecule has 0 aliphatic heterocycles. The van der Waals surface area contributed by atoms with Crippen molar-refractivity contribution in [2.75, 3.05) is 4.90 Å². The fraction of sp³-hybridized carbons (Fsp3) is 0. The molecular formula is C47H30N2O2. The number of hydrogen-bond acceptors (Lipinski definition) is 4. The number of benzene rings is 8. The molecule has 0 aliphatic rings. The number of aromatic nitrogens is 1. The maximum Gasteiger partial charge on any atom is 0.227 e. The van der Waals surface area contributed by atoms with E-state index in [0.717, 1.165) is 77.6 Å². The predicted octanol–water partition coefficient (Wildman–Crippen LogP) is 13.4. The van der Waals surface area contributed by atoms with Crippen LogP contribution >= 0.6 is 0 Å². The second kappa shape index (κ2) is 11.9. The zero-order chi connectivity index (χ0) is 33.7. The third-order valence-electron chi connectivity index (χ3n) is 9.72. The Morgan fingerprint density at radius 2 is 1.00 bits per heavy atom. The van der Waals surface area contributed by atoms with E-state index in [2.05, 4.69) is 157 Å². The maximum atomic E-state index is 6.55. The Morgan fingerprint density at radius 1 is 0.392 bits per heavy atom. The van der Waals surface area contributed by atoms with Crippen molar-refractivity contribution >= 4 is 60.9 Å². The molecule has 0 spiro atoms. The molecule has 10 aromatic rings. The Kier molecular flexibility index (Phi) is 6.78. The predicted molar refractivity (Wildman–Crippen MR) is 210 cm³/mol. The van der Waals surface area contributed by atoms with E-state index in [1.54, 1.807) is 0 Å². The van der Waals surface area contributed by atoms with Crippen LogP contribution in [0, 0.1) is 0 Å². The van der Waals surface area contributed by atoms with Gasteiger partial charge in [-0.15, -0.1) is 0 Å². The number of anilines is 3. The molecule has 0 saturated heterocycles. The van der Waals surface area contributed by atoms with E-state index in [1.165, 1.54) is 11.1 Å². The molecule has 0 radical (unpaired) electrons. The lowest BCUT2D eigenvalue weighted by Gasteiger charge is -2.26. The zero-order valence-electron chi connectivity index (χ0n) is 27.5. The highest BCUT2D eigenvalue weighted by Gasteiger charge is 2.18.